The van der Waals surface area contributed by atoms with Gasteiger partial charge in [-0.2, -0.15) is 13.8 Å². The zero-order valence-corrected chi connectivity index (χ0v) is 21.1. The molecule has 1 aromatic heterocycles. The maximum absolute atomic E-state index is 13.6. The molecule has 1 aromatic carbocycles. The van der Waals surface area contributed by atoms with Gasteiger partial charge < -0.3 is 9.64 Å². The first-order chi connectivity index (χ1) is 14.6. The highest BCUT2D eigenvalue weighted by Gasteiger charge is 2.24. The number of alkyl halides is 2. The average molecular weight is 465 g/mol. The Bertz CT molecular complexity index is 972. The van der Waals surface area contributed by atoms with E-state index in [0.29, 0.717) is 12.5 Å². The predicted molar refractivity (Wildman–Crippen MR) is 131 cm³/mol. The molecule has 2 aromatic rings. The van der Waals surface area contributed by atoms with Crippen LogP contribution in [-0.4, -0.2) is 27.6 Å². The molecule has 0 bridgehead atoms. The number of aromatic nitrogens is 2. The van der Waals surface area contributed by atoms with Gasteiger partial charge in [-0.15, -0.1) is 9.24 Å². The van der Waals surface area contributed by atoms with Crippen LogP contribution >= 0.6 is 18.5 Å². The number of hydrogen-bond donors (Lipinski definition) is 0. The fourth-order valence-electron chi connectivity index (χ4n) is 2.95. The lowest BCUT2D eigenvalue weighted by atomic mass is 10.1. The van der Waals surface area contributed by atoms with Gasteiger partial charge in [0.25, 0.3) is 5.66 Å². The Kier molecular flexibility index (Phi) is 9.09. The lowest BCUT2D eigenvalue weighted by molar-refractivity contribution is 0.145. The SMILES string of the molecule is CC/C=C(/c1ccc(COc2nc(CC)ncc2C)cc1P)N(C)/C=C(\C)C(F)(F)P. The van der Waals surface area contributed by atoms with E-state index in [1.807, 2.05) is 45.0 Å². The first kappa shape index (κ1) is 25.4. The molecule has 0 fully saturated rings. The van der Waals surface area contributed by atoms with Gasteiger partial charge in [0.2, 0.25) is 5.88 Å². The molecular weight excluding hydrogens is 434 g/mol. The fourth-order valence-corrected chi connectivity index (χ4v) is 3.48. The normalized spacial score (nSPS) is 12.8. The summed E-state index contributed by atoms with van der Waals surface area (Å²) in [5, 5.41) is 0.963. The molecule has 2 rings (SSSR count). The number of allylic oxidation sites excluding steroid dienone is 2. The second kappa shape index (κ2) is 11.1. The molecule has 8 heteroatoms. The maximum atomic E-state index is 13.6. The van der Waals surface area contributed by atoms with Gasteiger partial charge in [0.15, 0.2) is 0 Å². The molecular formula is C23H31F2N3OP2. The first-order valence-corrected chi connectivity index (χ1v) is 11.3. The minimum Gasteiger partial charge on any atom is -0.473 e. The van der Waals surface area contributed by atoms with Gasteiger partial charge in [-0.25, -0.2) is 4.98 Å². The molecule has 0 spiro atoms. The van der Waals surface area contributed by atoms with Crippen LogP contribution in [0, 0.1) is 6.92 Å². The summed E-state index contributed by atoms with van der Waals surface area (Å²) in [6.45, 7) is 7.75. The Morgan fingerprint density at radius 3 is 2.58 bits per heavy atom. The third-order valence-electron chi connectivity index (χ3n) is 4.75. The van der Waals surface area contributed by atoms with Crippen LogP contribution in [0.2, 0.25) is 0 Å². The quantitative estimate of drug-likeness (QED) is 0.460. The van der Waals surface area contributed by atoms with E-state index < -0.39 is 5.66 Å². The van der Waals surface area contributed by atoms with Gasteiger partial charge in [0.1, 0.15) is 12.4 Å². The molecule has 0 amide bonds. The highest BCUT2D eigenvalue weighted by Crippen LogP contribution is 2.32. The molecule has 0 saturated carbocycles. The van der Waals surface area contributed by atoms with E-state index in [9.17, 15) is 8.78 Å². The molecule has 2 unspecified atom stereocenters. The summed E-state index contributed by atoms with van der Waals surface area (Å²) >= 11 is 0. The van der Waals surface area contributed by atoms with Gasteiger partial charge in [0.05, 0.1) is 0 Å². The third-order valence-corrected chi connectivity index (χ3v) is 5.68. The summed E-state index contributed by atoms with van der Waals surface area (Å²) in [4.78, 5) is 10.5. The van der Waals surface area contributed by atoms with E-state index in [-0.39, 0.29) is 5.57 Å². The second-order valence-electron chi connectivity index (χ2n) is 7.38. The molecule has 0 N–H and O–H groups in total. The molecule has 31 heavy (non-hydrogen) atoms. The number of rotatable bonds is 9. The van der Waals surface area contributed by atoms with Gasteiger partial charge in [-0.05, 0) is 37.2 Å². The van der Waals surface area contributed by atoms with Crippen molar-refractivity contribution in [3.05, 3.63) is 64.8 Å². The molecule has 0 aliphatic carbocycles. The minimum absolute atomic E-state index is 0.0241. The van der Waals surface area contributed by atoms with Crippen LogP contribution in [-0.2, 0) is 13.0 Å². The monoisotopic (exact) mass is 465 g/mol. The van der Waals surface area contributed by atoms with E-state index in [0.717, 1.165) is 46.4 Å². The largest absolute Gasteiger partial charge is 0.473 e. The van der Waals surface area contributed by atoms with Crippen molar-refractivity contribution in [2.24, 2.45) is 0 Å². The predicted octanol–water partition coefficient (Wildman–Crippen LogP) is 5.48. The van der Waals surface area contributed by atoms with Crippen molar-refractivity contribution in [2.75, 3.05) is 7.05 Å². The molecule has 4 nitrogen and oxygen atoms in total. The minimum atomic E-state index is -2.94. The molecule has 168 valence electrons. The Balaban J connectivity index is 2.24. The molecule has 0 radical (unpaired) electrons. The Morgan fingerprint density at radius 2 is 2.00 bits per heavy atom. The highest BCUT2D eigenvalue weighted by molar-refractivity contribution is 7.27. The van der Waals surface area contributed by atoms with Crippen molar-refractivity contribution in [2.45, 2.75) is 52.8 Å². The highest BCUT2D eigenvalue weighted by atomic mass is 31.0. The van der Waals surface area contributed by atoms with Gasteiger partial charge in [-0.3, -0.25) is 0 Å². The van der Waals surface area contributed by atoms with E-state index in [1.165, 1.54) is 13.1 Å². The standard InChI is InChI=1S/C23H31F2N3OP2/c1-6-8-19(28(5)13-16(4)23(24,25)31)18-10-9-17(11-20(18)30)14-29-22-15(3)12-26-21(7-2)27-22/h8-13H,6-7,14,30-31H2,1-5H3/b16-13+,19-8-. The summed E-state index contributed by atoms with van der Waals surface area (Å²) in [6, 6.07) is 6.00. The number of aryl methyl sites for hydroxylation is 2. The van der Waals surface area contributed by atoms with Crippen molar-refractivity contribution in [3.63, 3.8) is 0 Å². The van der Waals surface area contributed by atoms with Crippen LogP contribution in [0.5, 0.6) is 5.88 Å². The lowest BCUT2D eigenvalue weighted by Crippen LogP contribution is -2.18. The van der Waals surface area contributed by atoms with Crippen LogP contribution in [0.15, 0.2) is 42.2 Å². The summed E-state index contributed by atoms with van der Waals surface area (Å²) in [5.74, 6) is 1.34. The number of benzene rings is 1. The van der Waals surface area contributed by atoms with E-state index in [4.69, 9.17) is 4.74 Å². The topological polar surface area (TPSA) is 38.3 Å². The Hall–Kier alpha value is -1.90. The van der Waals surface area contributed by atoms with Crippen LogP contribution in [0.25, 0.3) is 5.70 Å². The average Bonchev–Trinajstić information content (AvgIpc) is 2.71. The van der Waals surface area contributed by atoms with Crippen LogP contribution < -0.4 is 10.0 Å². The first-order valence-electron chi connectivity index (χ1n) is 10.2. The Labute approximate surface area is 188 Å². The number of nitrogens with zero attached hydrogens (tertiary/aromatic N) is 3. The van der Waals surface area contributed by atoms with Crippen LogP contribution in [0.4, 0.5) is 8.78 Å². The van der Waals surface area contributed by atoms with Gasteiger partial charge in [-0.1, -0.05) is 41.3 Å². The molecule has 2 atom stereocenters. The van der Waals surface area contributed by atoms with E-state index in [1.54, 1.807) is 27.4 Å². The van der Waals surface area contributed by atoms with Crippen molar-refractivity contribution in [3.8, 4) is 5.88 Å². The zero-order chi connectivity index (χ0) is 23.2. The van der Waals surface area contributed by atoms with Crippen molar-refractivity contribution in [1.82, 2.24) is 14.9 Å². The summed E-state index contributed by atoms with van der Waals surface area (Å²) in [7, 11) is 6.10. The lowest BCUT2D eigenvalue weighted by Gasteiger charge is -2.23. The number of hydrogen-bond acceptors (Lipinski definition) is 4. The number of halogens is 2. The smallest absolute Gasteiger partial charge is 0.281 e. The van der Waals surface area contributed by atoms with E-state index in [2.05, 4.69) is 19.2 Å². The van der Waals surface area contributed by atoms with Crippen molar-refractivity contribution < 1.29 is 13.5 Å². The van der Waals surface area contributed by atoms with Crippen molar-refractivity contribution >= 4 is 29.5 Å². The molecule has 1 heterocycles. The third kappa shape index (κ3) is 7.05. The second-order valence-corrected chi connectivity index (χ2v) is 8.73. The van der Waals surface area contributed by atoms with Crippen molar-refractivity contribution in [1.29, 1.82) is 0 Å². The Morgan fingerprint density at radius 1 is 1.29 bits per heavy atom. The summed E-state index contributed by atoms with van der Waals surface area (Å²) in [6.07, 6.45) is 6.80. The van der Waals surface area contributed by atoms with E-state index >= 15 is 0 Å². The number of ether oxygens (including phenoxy) is 1. The van der Waals surface area contributed by atoms with Crippen LogP contribution in [0.3, 0.4) is 0 Å². The van der Waals surface area contributed by atoms with Crippen LogP contribution in [0.1, 0.15) is 49.7 Å². The summed E-state index contributed by atoms with van der Waals surface area (Å²) < 4.78 is 33.1. The molecule has 0 aliphatic rings. The summed E-state index contributed by atoms with van der Waals surface area (Å²) in [5.41, 5.74) is 0.750. The molecule has 0 aliphatic heterocycles. The zero-order valence-electron chi connectivity index (χ0n) is 18.7. The maximum Gasteiger partial charge on any atom is 0.281 e. The molecule has 0 saturated heterocycles. The van der Waals surface area contributed by atoms with Gasteiger partial charge >= 0.3 is 0 Å². The van der Waals surface area contributed by atoms with Gasteiger partial charge in [0, 0.05) is 48.3 Å². The fraction of sp³-hybridized carbons (Fsp3) is 0.391.